The molecule has 6 N–H and O–H groups in total. The highest BCUT2D eigenvalue weighted by Crippen LogP contribution is 2.34. The molecule has 1 aliphatic rings. The second kappa shape index (κ2) is 4.52. The highest BCUT2D eigenvalue weighted by Gasteiger charge is 2.44. The van der Waals surface area contributed by atoms with Gasteiger partial charge in [-0.3, -0.25) is 14.9 Å². The minimum atomic E-state index is -1.32. The van der Waals surface area contributed by atoms with Gasteiger partial charge in [0.25, 0.3) is 5.56 Å². The maximum atomic E-state index is 11.5. The number of hydrogen-bond donors (Lipinski definition) is 6. The predicted octanol–water partition coefficient (Wildman–Crippen LogP) is -2.91. The van der Waals surface area contributed by atoms with Crippen LogP contribution in [0.1, 0.15) is 11.8 Å². The summed E-state index contributed by atoms with van der Waals surface area (Å²) in [6.07, 6.45) is -4.60. The van der Waals surface area contributed by atoms with Gasteiger partial charge in [-0.25, -0.2) is 4.79 Å². The Morgan fingerprint density at radius 2 is 1.95 bits per heavy atom. The minimum absolute atomic E-state index is 0.0441. The topological polar surface area (TPSA) is 164 Å². The van der Waals surface area contributed by atoms with Crippen molar-refractivity contribution in [2.24, 2.45) is 0 Å². The third-order valence-corrected chi connectivity index (χ3v) is 3.30. The lowest BCUT2D eigenvalue weighted by Gasteiger charge is -2.12. The van der Waals surface area contributed by atoms with E-state index < -0.39 is 42.3 Å². The Morgan fingerprint density at radius 3 is 2.60 bits per heavy atom. The van der Waals surface area contributed by atoms with Gasteiger partial charge in [0.1, 0.15) is 24.4 Å². The molecule has 0 spiro atoms. The fraction of sp³-hybridized carbons (Fsp3) is 0.500. The van der Waals surface area contributed by atoms with Gasteiger partial charge < -0.3 is 25.0 Å². The molecule has 3 heterocycles. The molecule has 0 amide bonds. The van der Waals surface area contributed by atoms with E-state index in [4.69, 9.17) is 9.84 Å². The Labute approximate surface area is 110 Å². The number of aliphatic hydroxyl groups is 3. The molecule has 0 unspecified atom stereocenters. The number of nitrogens with zero attached hydrogens (tertiary/aromatic N) is 1. The minimum Gasteiger partial charge on any atom is -0.394 e. The lowest BCUT2D eigenvalue weighted by atomic mass is 10.1. The van der Waals surface area contributed by atoms with Crippen LogP contribution < -0.4 is 11.2 Å². The number of rotatable bonds is 2. The third-order valence-electron chi connectivity index (χ3n) is 3.30. The van der Waals surface area contributed by atoms with E-state index in [9.17, 15) is 19.8 Å². The number of aromatic amines is 3. The van der Waals surface area contributed by atoms with Crippen molar-refractivity contribution in [2.75, 3.05) is 6.61 Å². The fourth-order valence-corrected chi connectivity index (χ4v) is 2.30. The van der Waals surface area contributed by atoms with E-state index in [2.05, 4.69) is 15.2 Å². The Morgan fingerprint density at radius 1 is 1.20 bits per heavy atom. The van der Waals surface area contributed by atoms with Crippen molar-refractivity contribution in [1.29, 1.82) is 0 Å². The standard InChI is InChI=1S/C10H12N4O6/c15-1-2-6(16)7(17)8(20-2)4-3-5(14-13-4)9(18)12-10(19)11-3/h2,6-8,15-17H,1H2,(H,13,14)(H2,11,12,18,19)/t2-,6-,7-,8+/m1/s1. The molecular formula is C10H12N4O6. The molecule has 2 aromatic heterocycles. The summed E-state index contributed by atoms with van der Waals surface area (Å²) in [5.41, 5.74) is -1.20. The van der Waals surface area contributed by atoms with Crippen LogP contribution in [0, 0.1) is 0 Å². The number of ether oxygens (including phenoxy) is 1. The number of H-pyrrole nitrogens is 3. The normalized spacial score (nSPS) is 30.1. The van der Waals surface area contributed by atoms with Crippen LogP contribution in [0.15, 0.2) is 9.59 Å². The smallest absolute Gasteiger partial charge is 0.326 e. The summed E-state index contributed by atoms with van der Waals surface area (Å²) in [4.78, 5) is 27.2. The average molecular weight is 284 g/mol. The van der Waals surface area contributed by atoms with E-state index in [1.807, 2.05) is 4.98 Å². The summed E-state index contributed by atoms with van der Waals surface area (Å²) in [5.74, 6) is 0. The van der Waals surface area contributed by atoms with Crippen molar-refractivity contribution in [3.8, 4) is 0 Å². The van der Waals surface area contributed by atoms with E-state index in [0.717, 1.165) is 0 Å². The third kappa shape index (κ3) is 1.78. The lowest BCUT2D eigenvalue weighted by Crippen LogP contribution is -2.32. The molecule has 1 fully saturated rings. The van der Waals surface area contributed by atoms with Gasteiger partial charge in [0, 0.05) is 0 Å². The van der Waals surface area contributed by atoms with Gasteiger partial charge in [-0.15, -0.1) is 0 Å². The summed E-state index contributed by atoms with van der Waals surface area (Å²) in [6, 6.07) is 0. The summed E-state index contributed by atoms with van der Waals surface area (Å²) in [5, 5.41) is 34.9. The maximum Gasteiger partial charge on any atom is 0.326 e. The van der Waals surface area contributed by atoms with Crippen molar-refractivity contribution in [2.45, 2.75) is 24.4 Å². The monoisotopic (exact) mass is 284 g/mol. The average Bonchev–Trinajstić information content (AvgIpc) is 2.93. The van der Waals surface area contributed by atoms with E-state index in [-0.39, 0.29) is 16.7 Å². The van der Waals surface area contributed by atoms with Gasteiger partial charge in [0.2, 0.25) is 0 Å². The number of hydrogen-bond acceptors (Lipinski definition) is 7. The number of aliphatic hydroxyl groups excluding tert-OH is 3. The maximum absolute atomic E-state index is 11.5. The van der Waals surface area contributed by atoms with Gasteiger partial charge in [-0.2, -0.15) is 5.10 Å². The Balaban J connectivity index is 2.12. The number of aromatic nitrogens is 4. The van der Waals surface area contributed by atoms with Gasteiger partial charge in [0.05, 0.1) is 17.8 Å². The van der Waals surface area contributed by atoms with Crippen molar-refractivity contribution in [1.82, 2.24) is 20.2 Å². The lowest BCUT2D eigenvalue weighted by molar-refractivity contribution is -0.0236. The van der Waals surface area contributed by atoms with Crippen LogP contribution >= 0.6 is 0 Å². The van der Waals surface area contributed by atoms with Crippen LogP contribution in [0.3, 0.4) is 0 Å². The van der Waals surface area contributed by atoms with Gasteiger partial charge in [-0.05, 0) is 0 Å². The zero-order chi connectivity index (χ0) is 14.4. The molecule has 3 rings (SSSR count). The predicted molar refractivity (Wildman–Crippen MR) is 64.0 cm³/mol. The first kappa shape index (κ1) is 13.0. The Kier molecular flexibility index (Phi) is 2.94. The van der Waals surface area contributed by atoms with Crippen molar-refractivity contribution < 1.29 is 20.1 Å². The molecule has 2 aromatic rings. The van der Waals surface area contributed by atoms with Crippen LogP contribution in [0.4, 0.5) is 0 Å². The van der Waals surface area contributed by atoms with E-state index in [1.165, 1.54) is 0 Å². The van der Waals surface area contributed by atoms with Crippen LogP contribution in [0.25, 0.3) is 11.0 Å². The molecule has 1 saturated heterocycles. The highest BCUT2D eigenvalue weighted by atomic mass is 16.6. The molecule has 0 radical (unpaired) electrons. The van der Waals surface area contributed by atoms with Crippen molar-refractivity contribution in [3.05, 3.63) is 26.5 Å². The van der Waals surface area contributed by atoms with Crippen molar-refractivity contribution in [3.63, 3.8) is 0 Å². The second-order valence-corrected chi connectivity index (χ2v) is 4.53. The van der Waals surface area contributed by atoms with E-state index in [0.29, 0.717) is 0 Å². The first-order valence-corrected chi connectivity index (χ1v) is 5.86. The molecule has 10 heteroatoms. The summed E-state index contributed by atoms with van der Waals surface area (Å²) in [6.45, 7) is -0.474. The molecule has 10 nitrogen and oxygen atoms in total. The number of fused-ring (bicyclic) bond motifs is 1. The first-order chi connectivity index (χ1) is 9.52. The van der Waals surface area contributed by atoms with E-state index in [1.54, 1.807) is 0 Å². The van der Waals surface area contributed by atoms with Gasteiger partial charge in [0.15, 0.2) is 5.52 Å². The summed E-state index contributed by atoms with van der Waals surface area (Å²) in [7, 11) is 0. The Bertz CT molecular complexity index is 748. The number of nitrogens with one attached hydrogen (secondary N) is 3. The van der Waals surface area contributed by atoms with Crippen molar-refractivity contribution >= 4 is 11.0 Å². The molecule has 20 heavy (non-hydrogen) atoms. The van der Waals surface area contributed by atoms with Crippen LogP contribution in [0.2, 0.25) is 0 Å². The highest BCUT2D eigenvalue weighted by molar-refractivity contribution is 5.75. The summed E-state index contributed by atoms with van der Waals surface area (Å²) >= 11 is 0. The quantitative estimate of drug-likeness (QED) is 0.344. The van der Waals surface area contributed by atoms with Gasteiger partial charge in [-0.1, -0.05) is 0 Å². The fourth-order valence-electron chi connectivity index (χ4n) is 2.30. The largest absolute Gasteiger partial charge is 0.394 e. The van der Waals surface area contributed by atoms with E-state index >= 15 is 0 Å². The Hall–Kier alpha value is -2.01. The molecule has 0 saturated carbocycles. The first-order valence-electron chi connectivity index (χ1n) is 5.86. The summed E-state index contributed by atoms with van der Waals surface area (Å²) < 4.78 is 5.31. The van der Waals surface area contributed by atoms with Crippen LogP contribution in [-0.4, -0.2) is 60.4 Å². The molecular weight excluding hydrogens is 272 g/mol. The molecule has 108 valence electrons. The zero-order valence-electron chi connectivity index (χ0n) is 10.0. The molecule has 0 aliphatic carbocycles. The van der Waals surface area contributed by atoms with Crippen LogP contribution in [0.5, 0.6) is 0 Å². The molecule has 0 bridgehead atoms. The zero-order valence-corrected chi connectivity index (χ0v) is 10.0. The molecule has 0 aromatic carbocycles. The second-order valence-electron chi connectivity index (χ2n) is 4.53. The van der Waals surface area contributed by atoms with Gasteiger partial charge >= 0.3 is 5.69 Å². The van der Waals surface area contributed by atoms with Crippen LogP contribution in [-0.2, 0) is 4.74 Å². The molecule has 1 aliphatic heterocycles. The SMILES string of the molecule is O=c1[nH]c(=O)c2n[nH]c([C@@H]3O[C@H](CO)[C@@H](O)[C@H]3O)c2[nH]1. The molecule has 4 atom stereocenters.